The number of alkyl halides is 6. The normalized spacial score (nSPS) is 24.7. The van der Waals surface area contributed by atoms with Crippen LogP contribution >= 0.6 is 34.8 Å². The van der Waals surface area contributed by atoms with Crippen molar-refractivity contribution in [3.05, 3.63) is 116 Å². The quantitative estimate of drug-likeness (QED) is 0.100. The van der Waals surface area contributed by atoms with Crippen molar-refractivity contribution in [1.29, 1.82) is 0 Å². The van der Waals surface area contributed by atoms with Crippen LogP contribution < -0.4 is 19.9 Å². The van der Waals surface area contributed by atoms with E-state index >= 15 is 4.79 Å². The average molecular weight is 925 g/mol. The van der Waals surface area contributed by atoms with Crippen LogP contribution in [0.3, 0.4) is 0 Å². The molecule has 6 atom stereocenters. The number of benzene rings is 3. The first-order chi connectivity index (χ1) is 29.2. The minimum absolute atomic E-state index is 0.00604. The fraction of sp³-hybridized carbons (Fsp3) is 0.293. The summed E-state index contributed by atoms with van der Waals surface area (Å²) < 4.78 is 91.9. The molecule has 12 nitrogen and oxygen atoms in total. The Labute approximate surface area is 362 Å². The molecule has 8 rings (SSSR count). The summed E-state index contributed by atoms with van der Waals surface area (Å²) in [5.74, 6) is -11.8. The number of hydrogen-bond acceptors (Lipinski definition) is 10. The maximum atomic E-state index is 15.5. The molecule has 2 N–H and O–H groups in total. The van der Waals surface area contributed by atoms with Gasteiger partial charge in [-0.1, -0.05) is 58.6 Å². The Bertz CT molecular complexity index is 2580. The van der Waals surface area contributed by atoms with Gasteiger partial charge in [0.1, 0.15) is 22.9 Å². The van der Waals surface area contributed by atoms with Crippen molar-refractivity contribution < 1.29 is 60.1 Å². The maximum Gasteiger partial charge on any atom is 0.573 e. The molecular formula is C41H30Cl3F6N5O7. The van der Waals surface area contributed by atoms with Crippen LogP contribution in [0, 0.1) is 23.7 Å². The summed E-state index contributed by atoms with van der Waals surface area (Å²) in [6, 6.07) is 14.4. The van der Waals surface area contributed by atoms with Crippen LogP contribution in [-0.4, -0.2) is 64.3 Å². The monoisotopic (exact) mass is 923 g/mol. The highest BCUT2D eigenvalue weighted by Gasteiger charge is 2.71. The number of pyridine rings is 1. The Hall–Kier alpha value is -5.72. The zero-order valence-electron chi connectivity index (χ0n) is 31.9. The number of carbonyl (C=O) groups excluding carboxylic acids is 4. The number of phenols is 1. The molecule has 1 saturated carbocycles. The number of hydrogen-bond donors (Lipinski definition) is 2. The minimum Gasteiger partial charge on any atom is -0.508 e. The number of nitrogens with one attached hydrogen (secondary N) is 1. The number of phenolic OH excluding ortho intramolecular Hbond substituents is 1. The number of amides is 4. The molecular weight excluding hydrogens is 895 g/mol. The first kappa shape index (κ1) is 42.9. The largest absolute Gasteiger partial charge is 0.573 e. The molecule has 2 saturated heterocycles. The Balaban J connectivity index is 1.32. The van der Waals surface area contributed by atoms with E-state index in [1.807, 2.05) is 0 Å². The van der Waals surface area contributed by atoms with Crippen molar-refractivity contribution in [2.45, 2.75) is 36.7 Å². The molecule has 1 aromatic heterocycles. The van der Waals surface area contributed by atoms with Crippen molar-refractivity contribution >= 4 is 69.9 Å². The third kappa shape index (κ3) is 6.91. The molecule has 3 heterocycles. The molecule has 3 aromatic carbocycles. The van der Waals surface area contributed by atoms with E-state index in [0.717, 1.165) is 36.3 Å². The van der Waals surface area contributed by atoms with E-state index in [9.17, 15) is 45.8 Å². The molecule has 0 unspecified atom stereocenters. The summed E-state index contributed by atoms with van der Waals surface area (Å²) in [4.78, 5) is 62.9. The van der Waals surface area contributed by atoms with Gasteiger partial charge in [0.05, 0.1) is 46.0 Å². The van der Waals surface area contributed by atoms with Gasteiger partial charge in [0, 0.05) is 23.6 Å². The second-order valence-electron chi connectivity index (χ2n) is 15.0. The van der Waals surface area contributed by atoms with Gasteiger partial charge < -0.3 is 14.6 Å². The molecule has 4 amide bonds. The number of rotatable bonds is 8. The molecule has 2 aliphatic heterocycles. The van der Waals surface area contributed by atoms with E-state index < -0.39 is 94.2 Å². The lowest BCUT2D eigenvalue weighted by Gasteiger charge is -2.50. The second-order valence-corrected chi connectivity index (χ2v) is 16.2. The number of hydrazine groups is 2. The standard InChI is InChI=1S/C41H30Cl3F6N5O7/c1-53(34-27(43)11-14-31(51-34)40(45,46)47)55-35(57)23-10-9-22-24(32(23)37(55)59)17-26-36(58)54(52-29-12-5-19(42)15-28(29)44)38(60)39(26,18-3-6-20(61-2)7-4-18)33(22)25-16-21(8-13-30(25)56)62-41(48,49)50/h3-9,11-16,23-24,26,32-33,52,56H,10,17H2,1-2H3/t23-,24+,26-,32-,33+,39+/m0/s1. The number of imide groups is 2. The highest BCUT2D eigenvalue weighted by Crippen LogP contribution is 2.65. The predicted octanol–water partition coefficient (Wildman–Crippen LogP) is 8.71. The van der Waals surface area contributed by atoms with Crippen LogP contribution in [0.5, 0.6) is 17.2 Å². The Morgan fingerprint density at radius 2 is 1.55 bits per heavy atom. The number of carbonyl (C=O) groups is 4. The third-order valence-electron chi connectivity index (χ3n) is 11.8. The summed E-state index contributed by atoms with van der Waals surface area (Å²) in [5, 5.41) is 13.7. The number of nitrogens with zero attached hydrogens (tertiary/aromatic N) is 4. The minimum atomic E-state index is -5.20. The number of aromatic nitrogens is 1. The average Bonchev–Trinajstić information content (AvgIpc) is 3.59. The van der Waals surface area contributed by atoms with Gasteiger partial charge in [0.2, 0.25) is 0 Å². The van der Waals surface area contributed by atoms with Gasteiger partial charge in [-0.05, 0) is 85.0 Å². The van der Waals surface area contributed by atoms with Crippen molar-refractivity contribution in [1.82, 2.24) is 15.0 Å². The molecule has 62 heavy (non-hydrogen) atoms. The van der Waals surface area contributed by atoms with Crippen LogP contribution in [-0.2, 0) is 30.8 Å². The summed E-state index contributed by atoms with van der Waals surface area (Å²) in [7, 11) is 2.52. The van der Waals surface area contributed by atoms with Gasteiger partial charge in [-0.2, -0.15) is 23.2 Å². The van der Waals surface area contributed by atoms with Gasteiger partial charge in [0.25, 0.3) is 23.6 Å². The van der Waals surface area contributed by atoms with Crippen molar-refractivity contribution in [2.75, 3.05) is 24.6 Å². The Morgan fingerprint density at radius 3 is 2.19 bits per heavy atom. The number of methoxy groups -OCH3 is 1. The smallest absolute Gasteiger partial charge is 0.508 e. The predicted molar refractivity (Wildman–Crippen MR) is 210 cm³/mol. The number of anilines is 2. The summed E-state index contributed by atoms with van der Waals surface area (Å²) in [6.07, 6.45) is -9.09. The Kier molecular flexibility index (Phi) is 10.6. The van der Waals surface area contributed by atoms with E-state index in [2.05, 4.69) is 15.1 Å². The van der Waals surface area contributed by atoms with E-state index in [1.165, 1.54) is 49.6 Å². The lowest BCUT2D eigenvalue weighted by molar-refractivity contribution is -0.274. The van der Waals surface area contributed by atoms with Crippen LogP contribution in [0.4, 0.5) is 37.8 Å². The zero-order chi connectivity index (χ0) is 44.8. The van der Waals surface area contributed by atoms with E-state index in [0.29, 0.717) is 21.8 Å². The van der Waals surface area contributed by atoms with Crippen molar-refractivity contribution in [3.63, 3.8) is 0 Å². The topological polar surface area (TPSA) is 142 Å². The third-order valence-corrected chi connectivity index (χ3v) is 12.7. The van der Waals surface area contributed by atoms with Crippen LogP contribution in [0.2, 0.25) is 15.1 Å². The van der Waals surface area contributed by atoms with E-state index in [1.54, 1.807) is 6.08 Å². The molecule has 0 radical (unpaired) electrons. The first-order valence-corrected chi connectivity index (χ1v) is 19.7. The second kappa shape index (κ2) is 15.3. The molecule has 4 aromatic rings. The SMILES string of the molecule is COc1ccc([C@@]23C(=O)N(Nc4ccc(Cl)cc4Cl)C(=O)[C@@H]2C[C@@H]2C(=CC[C@@H]4C(=O)N(N(C)c5nc(C(F)(F)F)ccc5Cl)C(=O)[C@@H]42)[C@@H]3c2cc(OC(F)(F)F)ccc2O)cc1. The maximum absolute atomic E-state index is 15.5. The summed E-state index contributed by atoms with van der Waals surface area (Å²) in [5.41, 5.74) is -0.514. The fourth-order valence-electron chi connectivity index (χ4n) is 9.34. The molecule has 21 heteroatoms. The molecule has 324 valence electrons. The zero-order valence-corrected chi connectivity index (χ0v) is 34.2. The van der Waals surface area contributed by atoms with Crippen LogP contribution in [0.1, 0.15) is 35.6 Å². The lowest BCUT2D eigenvalue weighted by atomic mass is 9.49. The number of aromatic hydroxyl groups is 1. The molecule has 2 aliphatic carbocycles. The van der Waals surface area contributed by atoms with Crippen LogP contribution in [0.15, 0.2) is 84.4 Å². The molecule has 4 aliphatic rings. The fourth-order valence-corrected chi connectivity index (χ4v) is 10.0. The van der Waals surface area contributed by atoms with Gasteiger partial charge in [0.15, 0.2) is 5.82 Å². The van der Waals surface area contributed by atoms with E-state index in [-0.39, 0.29) is 50.3 Å². The van der Waals surface area contributed by atoms with Crippen molar-refractivity contribution in [3.8, 4) is 17.2 Å². The number of halogens is 9. The van der Waals surface area contributed by atoms with Gasteiger partial charge in [-0.3, -0.25) is 29.6 Å². The number of fused-ring (bicyclic) bond motifs is 4. The highest BCUT2D eigenvalue weighted by molar-refractivity contribution is 6.36. The summed E-state index contributed by atoms with van der Waals surface area (Å²) >= 11 is 18.8. The Morgan fingerprint density at radius 1 is 0.855 bits per heavy atom. The molecule has 0 bridgehead atoms. The highest BCUT2D eigenvalue weighted by atomic mass is 35.5. The number of ether oxygens (including phenoxy) is 2. The molecule has 0 spiro atoms. The number of allylic oxidation sites excluding steroid dienone is 2. The van der Waals surface area contributed by atoms with Gasteiger partial charge in [-0.15, -0.1) is 13.2 Å². The van der Waals surface area contributed by atoms with E-state index in [4.69, 9.17) is 39.5 Å². The molecule has 3 fully saturated rings. The van der Waals surface area contributed by atoms with Gasteiger partial charge >= 0.3 is 12.5 Å². The lowest BCUT2D eigenvalue weighted by Crippen LogP contribution is -2.53. The summed E-state index contributed by atoms with van der Waals surface area (Å²) in [6.45, 7) is 0. The van der Waals surface area contributed by atoms with Crippen LogP contribution in [0.25, 0.3) is 0 Å². The van der Waals surface area contributed by atoms with Crippen molar-refractivity contribution in [2.24, 2.45) is 23.7 Å². The first-order valence-electron chi connectivity index (χ1n) is 18.6. The van der Waals surface area contributed by atoms with Gasteiger partial charge in [-0.25, -0.2) is 4.98 Å².